The predicted molar refractivity (Wildman–Crippen MR) is 112 cm³/mol. The second-order valence-corrected chi connectivity index (χ2v) is 8.89. The molecule has 1 saturated heterocycles. The van der Waals surface area contributed by atoms with Crippen LogP contribution < -0.4 is 5.73 Å². The number of piperidine rings is 1. The van der Waals surface area contributed by atoms with Crippen LogP contribution in [-0.4, -0.2) is 35.6 Å². The first kappa shape index (κ1) is 21.1. The Hall–Kier alpha value is -2.63. The normalized spacial score (nSPS) is 16.8. The second-order valence-electron chi connectivity index (χ2n) is 8.89. The molecule has 6 heteroatoms. The van der Waals surface area contributed by atoms with Crippen molar-refractivity contribution in [3.8, 4) is 0 Å². The predicted octanol–water partition coefficient (Wildman–Crippen LogP) is 4.69. The third kappa shape index (κ3) is 4.36. The van der Waals surface area contributed by atoms with Crippen molar-refractivity contribution >= 4 is 23.6 Å². The van der Waals surface area contributed by atoms with Crippen molar-refractivity contribution in [2.75, 3.05) is 13.1 Å². The van der Waals surface area contributed by atoms with Gasteiger partial charge in [-0.3, -0.25) is 4.79 Å². The number of halogens is 1. The Morgan fingerprint density at radius 1 is 1.21 bits per heavy atom. The van der Waals surface area contributed by atoms with Crippen molar-refractivity contribution in [1.29, 1.82) is 0 Å². The van der Waals surface area contributed by atoms with Gasteiger partial charge in [0.1, 0.15) is 11.4 Å². The number of likely N-dealkylation sites (tertiary alicyclic amines) is 1. The molecule has 5 nitrogen and oxygen atoms in total. The van der Waals surface area contributed by atoms with E-state index in [0.717, 1.165) is 27.8 Å². The van der Waals surface area contributed by atoms with Gasteiger partial charge in [0.2, 0.25) is 5.91 Å². The molecule has 1 heterocycles. The zero-order valence-electron chi connectivity index (χ0n) is 17.8. The monoisotopic (exact) mass is 400 g/mol. The topological polar surface area (TPSA) is 72.6 Å². The lowest BCUT2D eigenvalue weighted by Crippen LogP contribution is -2.40. The van der Waals surface area contributed by atoms with Crippen molar-refractivity contribution in [3.05, 3.63) is 45.3 Å². The van der Waals surface area contributed by atoms with Crippen LogP contribution in [0.3, 0.4) is 0 Å². The Morgan fingerprint density at radius 3 is 2.38 bits per heavy atom. The molecule has 0 aromatic heterocycles. The second kappa shape index (κ2) is 7.65. The summed E-state index contributed by atoms with van der Waals surface area (Å²) < 4.78 is 20.4. The summed E-state index contributed by atoms with van der Waals surface area (Å²) in [6, 6.07) is 1.26. The van der Waals surface area contributed by atoms with E-state index in [1.807, 2.05) is 40.7 Å². The lowest BCUT2D eigenvalue weighted by atomic mass is 9.91. The lowest BCUT2D eigenvalue weighted by Gasteiger charge is -2.31. The van der Waals surface area contributed by atoms with E-state index in [2.05, 4.69) is 0 Å². The number of nitrogens with two attached hydrogens (primary N) is 1. The number of amides is 2. The maximum Gasteiger partial charge on any atom is 0.410 e. The molecule has 1 aliphatic heterocycles. The van der Waals surface area contributed by atoms with Crippen LogP contribution in [0, 0.1) is 5.82 Å². The summed E-state index contributed by atoms with van der Waals surface area (Å²) in [6.45, 7) is 10.6. The first-order valence-corrected chi connectivity index (χ1v) is 9.97. The van der Waals surface area contributed by atoms with E-state index in [1.165, 1.54) is 6.07 Å². The molecule has 2 amide bonds. The van der Waals surface area contributed by atoms with Crippen LogP contribution in [-0.2, 0) is 11.2 Å². The summed E-state index contributed by atoms with van der Waals surface area (Å²) in [5, 5.41) is 0. The molecule has 0 radical (unpaired) electrons. The van der Waals surface area contributed by atoms with Gasteiger partial charge in [-0.15, -0.1) is 0 Å². The average molecular weight is 400 g/mol. The highest BCUT2D eigenvalue weighted by Crippen LogP contribution is 2.39. The van der Waals surface area contributed by atoms with Gasteiger partial charge in [0.25, 0.3) is 0 Å². The summed E-state index contributed by atoms with van der Waals surface area (Å²) in [7, 11) is 0. The highest BCUT2D eigenvalue weighted by molar-refractivity contribution is 5.98. The Kier molecular flexibility index (Phi) is 5.57. The largest absolute Gasteiger partial charge is 0.444 e. The van der Waals surface area contributed by atoms with Gasteiger partial charge < -0.3 is 15.4 Å². The van der Waals surface area contributed by atoms with Gasteiger partial charge in [-0.2, -0.15) is 0 Å². The first-order valence-electron chi connectivity index (χ1n) is 9.97. The number of hydrogen-bond acceptors (Lipinski definition) is 3. The van der Waals surface area contributed by atoms with Crippen molar-refractivity contribution in [1.82, 2.24) is 4.90 Å². The molecule has 1 aliphatic carbocycles. The van der Waals surface area contributed by atoms with E-state index >= 15 is 0 Å². The average Bonchev–Trinajstić information content (AvgIpc) is 2.91. The number of rotatable bonds is 2. The zero-order chi connectivity index (χ0) is 21.5. The van der Waals surface area contributed by atoms with Crippen molar-refractivity contribution in [3.63, 3.8) is 0 Å². The van der Waals surface area contributed by atoms with Crippen LogP contribution in [0.4, 0.5) is 9.18 Å². The van der Waals surface area contributed by atoms with Crippen LogP contribution in [0.1, 0.15) is 74.5 Å². The zero-order valence-corrected chi connectivity index (χ0v) is 17.8. The molecule has 2 N–H and O–H groups in total. The highest BCUT2D eigenvalue weighted by atomic mass is 19.1. The van der Waals surface area contributed by atoms with Crippen LogP contribution in [0.15, 0.2) is 17.2 Å². The molecule has 2 aliphatic rings. The molecule has 1 aromatic rings. The SMILES string of the molecule is CC1=C(C)c2c(C=C3CCN(C(=O)OC(C)(C)C)CC3)c(F)cc(C(N)=O)c2C1. The summed E-state index contributed by atoms with van der Waals surface area (Å²) in [5.41, 5.74) is 10.5. The summed E-state index contributed by atoms with van der Waals surface area (Å²) in [4.78, 5) is 25.7. The number of fused-ring (bicyclic) bond motifs is 1. The summed E-state index contributed by atoms with van der Waals surface area (Å²) in [6.07, 6.45) is 3.50. The molecule has 156 valence electrons. The van der Waals surface area contributed by atoms with Gasteiger partial charge in [0.15, 0.2) is 0 Å². The molecule has 0 unspecified atom stereocenters. The molecular weight excluding hydrogens is 371 g/mol. The summed E-state index contributed by atoms with van der Waals surface area (Å²) >= 11 is 0. The molecule has 0 bridgehead atoms. The number of ether oxygens (including phenoxy) is 1. The first-order chi connectivity index (χ1) is 13.5. The molecule has 1 fully saturated rings. The molecule has 1 aromatic carbocycles. The Balaban J connectivity index is 1.87. The number of primary amides is 1. The van der Waals surface area contributed by atoms with Gasteiger partial charge in [0.05, 0.1) is 0 Å². The van der Waals surface area contributed by atoms with Crippen molar-refractivity contribution in [2.24, 2.45) is 5.73 Å². The third-order valence-corrected chi connectivity index (χ3v) is 5.55. The van der Waals surface area contributed by atoms with Crippen molar-refractivity contribution < 1.29 is 18.7 Å². The number of nitrogens with zero attached hydrogens (tertiary/aromatic N) is 1. The van der Waals surface area contributed by atoms with Crippen molar-refractivity contribution in [2.45, 2.75) is 59.5 Å². The third-order valence-electron chi connectivity index (χ3n) is 5.55. The minimum Gasteiger partial charge on any atom is -0.444 e. The van der Waals surface area contributed by atoms with Crippen LogP contribution in [0.25, 0.3) is 11.6 Å². The fourth-order valence-corrected chi connectivity index (χ4v) is 3.94. The molecule has 0 saturated carbocycles. The van der Waals surface area contributed by atoms with E-state index < -0.39 is 17.3 Å². The Bertz CT molecular complexity index is 928. The van der Waals surface area contributed by atoms with E-state index in [9.17, 15) is 14.0 Å². The van der Waals surface area contributed by atoms with Gasteiger partial charge in [-0.05, 0) is 76.6 Å². The van der Waals surface area contributed by atoms with Crippen LogP contribution >= 0.6 is 0 Å². The maximum atomic E-state index is 15.0. The number of benzene rings is 1. The van der Waals surface area contributed by atoms with Crippen LogP contribution in [0.5, 0.6) is 0 Å². The lowest BCUT2D eigenvalue weighted by molar-refractivity contribution is 0.0236. The number of carbonyl (C=O) groups is 2. The Labute approximate surface area is 171 Å². The fourth-order valence-electron chi connectivity index (χ4n) is 3.94. The smallest absolute Gasteiger partial charge is 0.410 e. The molecular formula is C23H29FN2O3. The molecule has 0 atom stereocenters. The molecule has 0 spiro atoms. The van der Waals surface area contributed by atoms with Gasteiger partial charge in [0, 0.05) is 24.2 Å². The number of allylic oxidation sites excluding steroid dienone is 2. The summed E-state index contributed by atoms with van der Waals surface area (Å²) in [5.74, 6) is -1.04. The van der Waals surface area contributed by atoms with Crippen LogP contribution in [0.2, 0.25) is 0 Å². The van der Waals surface area contributed by atoms with E-state index in [-0.39, 0.29) is 11.7 Å². The van der Waals surface area contributed by atoms with Gasteiger partial charge >= 0.3 is 6.09 Å². The highest BCUT2D eigenvalue weighted by Gasteiger charge is 2.28. The molecule has 29 heavy (non-hydrogen) atoms. The number of carbonyl (C=O) groups excluding carboxylic acids is 2. The van der Waals surface area contributed by atoms with Gasteiger partial charge in [-0.25, -0.2) is 9.18 Å². The fraction of sp³-hybridized carbons (Fsp3) is 0.478. The standard InChI is InChI=1S/C23H29FN2O3/c1-13-10-16-17(21(25)27)12-19(24)18(20(16)14(13)2)11-15-6-8-26(9-7-15)22(28)29-23(3,4)5/h11-12H,6-10H2,1-5H3,(H2,25,27). The minimum atomic E-state index is -0.604. The minimum absolute atomic E-state index is 0.260. The quantitative estimate of drug-likeness (QED) is 0.783. The van der Waals surface area contributed by atoms with E-state index in [0.29, 0.717) is 37.9 Å². The molecule has 3 rings (SSSR count). The van der Waals surface area contributed by atoms with E-state index in [1.54, 1.807) is 4.90 Å². The maximum absolute atomic E-state index is 15.0. The number of hydrogen-bond donors (Lipinski definition) is 1. The Morgan fingerprint density at radius 2 is 1.83 bits per heavy atom. The van der Waals surface area contributed by atoms with E-state index in [4.69, 9.17) is 10.5 Å². The van der Waals surface area contributed by atoms with Gasteiger partial charge in [-0.1, -0.05) is 17.2 Å².